The van der Waals surface area contributed by atoms with Gasteiger partial charge in [-0.3, -0.25) is 14.4 Å². The highest BCUT2D eigenvalue weighted by Gasteiger charge is 2.30. The van der Waals surface area contributed by atoms with E-state index in [4.69, 9.17) is 5.73 Å². The number of nitrogens with one attached hydrogen (secondary N) is 3. The fourth-order valence-corrected chi connectivity index (χ4v) is 2.85. The Morgan fingerprint density at radius 2 is 1.23 bits per heavy atom. The number of hydrogen-bond donors (Lipinski definition) is 5. The second kappa shape index (κ2) is 13.2. The molecule has 0 unspecified atom stereocenters. The maximum atomic E-state index is 12.7. The maximum absolute atomic E-state index is 12.7. The van der Waals surface area contributed by atoms with Crippen molar-refractivity contribution in [2.24, 2.45) is 23.5 Å². The SMILES string of the molecule is CC[C@H](C)[C@H](N)C(=O)N[C@@H](C)C(=O)N[C@@H](CC(C)C)C(=O)N[C@@H](CC(C)C)C(=O)O. The number of nitrogens with two attached hydrogens (primary N) is 1. The minimum atomic E-state index is -1.12. The average molecular weight is 429 g/mol. The standard InChI is InChI=1S/C21H40N4O5/c1-8-13(6)17(22)20(28)23-14(7)18(26)24-15(9-11(2)3)19(27)25-16(21(29)30)10-12(4)5/h11-17H,8-10,22H2,1-7H3,(H,23,28)(H,24,26)(H,25,27)(H,29,30)/t13-,14-,15-,16-,17-/m0/s1. The van der Waals surface area contributed by atoms with Crippen LogP contribution in [0.5, 0.6) is 0 Å². The zero-order valence-electron chi connectivity index (χ0n) is 19.3. The number of carbonyl (C=O) groups is 4. The number of carboxylic acids is 1. The van der Waals surface area contributed by atoms with Gasteiger partial charge in [-0.25, -0.2) is 4.79 Å². The van der Waals surface area contributed by atoms with E-state index in [0.717, 1.165) is 6.42 Å². The van der Waals surface area contributed by atoms with Gasteiger partial charge >= 0.3 is 5.97 Å². The van der Waals surface area contributed by atoms with Gasteiger partial charge in [0.2, 0.25) is 17.7 Å². The number of carboxylic acid groups (broad SMARTS) is 1. The molecule has 0 radical (unpaired) electrons. The Kier molecular flexibility index (Phi) is 12.3. The van der Waals surface area contributed by atoms with Gasteiger partial charge in [-0.1, -0.05) is 48.0 Å². The summed E-state index contributed by atoms with van der Waals surface area (Å²) in [6.45, 7) is 12.8. The number of aliphatic carboxylic acids is 1. The zero-order valence-corrected chi connectivity index (χ0v) is 19.3. The van der Waals surface area contributed by atoms with Crippen molar-refractivity contribution in [2.45, 2.75) is 91.9 Å². The first-order chi connectivity index (χ1) is 13.8. The van der Waals surface area contributed by atoms with E-state index in [1.165, 1.54) is 6.92 Å². The predicted octanol–water partition coefficient (Wildman–Crippen LogP) is 1.01. The molecular formula is C21H40N4O5. The number of hydrogen-bond acceptors (Lipinski definition) is 5. The molecule has 9 nitrogen and oxygen atoms in total. The van der Waals surface area contributed by atoms with Gasteiger partial charge in [-0.2, -0.15) is 0 Å². The van der Waals surface area contributed by atoms with Crippen LogP contribution in [0.15, 0.2) is 0 Å². The lowest BCUT2D eigenvalue weighted by Crippen LogP contribution is -2.57. The molecule has 0 bridgehead atoms. The van der Waals surface area contributed by atoms with Crippen LogP contribution < -0.4 is 21.7 Å². The summed E-state index contributed by atoms with van der Waals surface area (Å²) >= 11 is 0. The van der Waals surface area contributed by atoms with Crippen LogP contribution in [0.4, 0.5) is 0 Å². The lowest BCUT2D eigenvalue weighted by Gasteiger charge is -2.25. The number of rotatable bonds is 13. The molecule has 30 heavy (non-hydrogen) atoms. The fraction of sp³-hybridized carbons (Fsp3) is 0.810. The van der Waals surface area contributed by atoms with E-state index in [2.05, 4.69) is 16.0 Å². The second-order valence-corrected chi connectivity index (χ2v) is 8.86. The molecule has 0 aromatic carbocycles. The second-order valence-electron chi connectivity index (χ2n) is 8.86. The average Bonchev–Trinajstić information content (AvgIpc) is 2.64. The molecule has 0 aliphatic rings. The molecule has 3 amide bonds. The molecule has 6 N–H and O–H groups in total. The van der Waals surface area contributed by atoms with E-state index in [9.17, 15) is 24.3 Å². The molecule has 0 aromatic heterocycles. The van der Waals surface area contributed by atoms with Crippen LogP contribution in [0.2, 0.25) is 0 Å². The molecule has 0 aromatic rings. The molecule has 174 valence electrons. The topological polar surface area (TPSA) is 151 Å². The zero-order chi connectivity index (χ0) is 23.6. The van der Waals surface area contributed by atoms with Crippen molar-refractivity contribution in [3.05, 3.63) is 0 Å². The smallest absolute Gasteiger partial charge is 0.326 e. The summed E-state index contributed by atoms with van der Waals surface area (Å²) in [4.78, 5) is 48.9. The van der Waals surface area contributed by atoms with E-state index in [-0.39, 0.29) is 24.2 Å². The Morgan fingerprint density at radius 1 is 0.767 bits per heavy atom. The van der Waals surface area contributed by atoms with E-state index >= 15 is 0 Å². The number of amides is 3. The van der Waals surface area contributed by atoms with Gasteiger partial charge in [0.25, 0.3) is 0 Å². The Morgan fingerprint density at radius 3 is 1.67 bits per heavy atom. The summed E-state index contributed by atoms with van der Waals surface area (Å²) in [7, 11) is 0. The Labute approximate surface area is 179 Å². The van der Waals surface area contributed by atoms with Gasteiger partial charge in [0.05, 0.1) is 6.04 Å². The van der Waals surface area contributed by atoms with Gasteiger partial charge in [-0.15, -0.1) is 0 Å². The molecule has 9 heteroatoms. The summed E-state index contributed by atoms with van der Waals surface area (Å²) in [6.07, 6.45) is 1.34. The number of carbonyl (C=O) groups excluding carboxylic acids is 3. The Balaban J connectivity index is 5.14. The van der Waals surface area contributed by atoms with Gasteiger partial charge < -0.3 is 26.8 Å². The van der Waals surface area contributed by atoms with Gasteiger partial charge in [0.15, 0.2) is 0 Å². The van der Waals surface area contributed by atoms with Crippen molar-refractivity contribution in [2.75, 3.05) is 0 Å². The molecule has 0 heterocycles. The monoisotopic (exact) mass is 428 g/mol. The van der Waals surface area contributed by atoms with Crippen molar-refractivity contribution >= 4 is 23.7 Å². The third-order valence-corrected chi connectivity index (χ3v) is 4.97. The van der Waals surface area contributed by atoms with Crippen LogP contribution in [0.1, 0.15) is 67.7 Å². The maximum Gasteiger partial charge on any atom is 0.326 e. The first kappa shape index (κ1) is 27.8. The first-order valence-electron chi connectivity index (χ1n) is 10.7. The van der Waals surface area contributed by atoms with Crippen molar-refractivity contribution in [3.8, 4) is 0 Å². The van der Waals surface area contributed by atoms with Gasteiger partial charge in [0.1, 0.15) is 18.1 Å². The van der Waals surface area contributed by atoms with Crippen LogP contribution in [0.3, 0.4) is 0 Å². The van der Waals surface area contributed by atoms with Gasteiger partial charge in [-0.05, 0) is 37.5 Å². The summed E-state index contributed by atoms with van der Waals surface area (Å²) in [5, 5.41) is 17.1. The third kappa shape index (κ3) is 10.0. The van der Waals surface area contributed by atoms with Crippen LogP contribution in [0, 0.1) is 17.8 Å². The lowest BCUT2D eigenvalue weighted by atomic mass is 9.99. The van der Waals surface area contributed by atoms with Crippen LogP contribution in [-0.4, -0.2) is 53.0 Å². The summed E-state index contributed by atoms with van der Waals surface area (Å²) in [5.41, 5.74) is 5.89. The van der Waals surface area contributed by atoms with Crippen molar-refractivity contribution < 1.29 is 24.3 Å². The van der Waals surface area contributed by atoms with E-state index < -0.39 is 47.9 Å². The summed E-state index contributed by atoms with van der Waals surface area (Å²) in [6, 6.07) is -3.56. The van der Waals surface area contributed by atoms with Crippen LogP contribution in [-0.2, 0) is 19.2 Å². The van der Waals surface area contributed by atoms with E-state index in [0.29, 0.717) is 6.42 Å². The summed E-state index contributed by atoms with van der Waals surface area (Å²) in [5.74, 6) is -2.51. The van der Waals surface area contributed by atoms with Crippen molar-refractivity contribution in [1.29, 1.82) is 0 Å². The Hall–Kier alpha value is -2.16. The highest BCUT2D eigenvalue weighted by atomic mass is 16.4. The molecule has 5 atom stereocenters. The lowest BCUT2D eigenvalue weighted by molar-refractivity contribution is -0.143. The molecular weight excluding hydrogens is 388 g/mol. The molecule has 0 rings (SSSR count). The predicted molar refractivity (Wildman–Crippen MR) is 115 cm³/mol. The fourth-order valence-electron chi connectivity index (χ4n) is 2.85. The van der Waals surface area contributed by atoms with Crippen LogP contribution in [0.25, 0.3) is 0 Å². The third-order valence-electron chi connectivity index (χ3n) is 4.97. The molecule has 0 saturated carbocycles. The molecule has 0 aliphatic carbocycles. The minimum absolute atomic E-state index is 0.0337. The Bertz CT molecular complexity index is 594. The molecule has 0 aliphatic heterocycles. The van der Waals surface area contributed by atoms with E-state index in [1.54, 1.807) is 0 Å². The van der Waals surface area contributed by atoms with Crippen LogP contribution >= 0.6 is 0 Å². The normalized spacial score (nSPS) is 16.3. The van der Waals surface area contributed by atoms with Crippen molar-refractivity contribution in [3.63, 3.8) is 0 Å². The largest absolute Gasteiger partial charge is 0.480 e. The minimum Gasteiger partial charge on any atom is -0.480 e. The molecule has 0 fully saturated rings. The van der Waals surface area contributed by atoms with E-state index in [1.807, 2.05) is 41.5 Å². The van der Waals surface area contributed by atoms with Crippen molar-refractivity contribution in [1.82, 2.24) is 16.0 Å². The highest BCUT2D eigenvalue weighted by molar-refractivity contribution is 5.93. The quantitative estimate of drug-likeness (QED) is 0.295. The highest BCUT2D eigenvalue weighted by Crippen LogP contribution is 2.09. The first-order valence-corrected chi connectivity index (χ1v) is 10.7. The van der Waals surface area contributed by atoms with Gasteiger partial charge in [0, 0.05) is 0 Å². The molecule has 0 saturated heterocycles. The molecule has 0 spiro atoms. The summed E-state index contributed by atoms with van der Waals surface area (Å²) < 4.78 is 0.